The number of halogens is 3. The van der Waals surface area contributed by atoms with Crippen LogP contribution in [0.15, 0.2) is 40.9 Å². The normalized spacial score (nSPS) is 10.4. The second kappa shape index (κ2) is 5.88. The van der Waals surface area contributed by atoms with Crippen molar-refractivity contribution < 1.29 is 4.39 Å². The van der Waals surface area contributed by atoms with Crippen LogP contribution >= 0.6 is 38.5 Å². The van der Waals surface area contributed by atoms with E-state index in [0.29, 0.717) is 21.5 Å². The quantitative estimate of drug-likeness (QED) is 0.571. The first kappa shape index (κ1) is 13.6. The van der Waals surface area contributed by atoms with Gasteiger partial charge in [0, 0.05) is 17.1 Å². The summed E-state index contributed by atoms with van der Waals surface area (Å²) in [5.41, 5.74) is 8.12. The van der Waals surface area contributed by atoms with Gasteiger partial charge < -0.3 is 11.1 Å². The summed E-state index contributed by atoms with van der Waals surface area (Å²) in [7, 11) is 0. The summed E-state index contributed by atoms with van der Waals surface area (Å²) in [4.78, 5) is 0. The van der Waals surface area contributed by atoms with E-state index in [1.54, 1.807) is 6.07 Å². The molecule has 3 N–H and O–H groups in total. The Bertz CT molecular complexity index is 558. The maximum absolute atomic E-state index is 13.4. The molecule has 0 unspecified atom stereocenters. The van der Waals surface area contributed by atoms with Crippen molar-refractivity contribution >= 4 is 49.9 Å². The molecule has 0 aliphatic carbocycles. The fourth-order valence-electron chi connectivity index (χ4n) is 1.51. The van der Waals surface area contributed by atoms with Crippen molar-refractivity contribution in [1.29, 1.82) is 0 Å². The van der Waals surface area contributed by atoms with E-state index in [1.165, 1.54) is 6.07 Å². The Morgan fingerprint density at radius 3 is 2.56 bits per heavy atom. The van der Waals surface area contributed by atoms with E-state index in [2.05, 4.69) is 21.2 Å². The average Bonchev–Trinajstić information content (AvgIpc) is 2.34. The molecule has 0 aromatic heterocycles. The highest BCUT2D eigenvalue weighted by atomic mass is 127. The third-order valence-electron chi connectivity index (χ3n) is 2.49. The van der Waals surface area contributed by atoms with Crippen molar-refractivity contribution in [3.8, 4) is 0 Å². The molecule has 0 atom stereocenters. The van der Waals surface area contributed by atoms with Crippen LogP contribution in [0, 0.1) is 9.39 Å². The van der Waals surface area contributed by atoms with Crippen LogP contribution in [0.2, 0.25) is 0 Å². The van der Waals surface area contributed by atoms with Crippen LogP contribution in [-0.4, -0.2) is 0 Å². The summed E-state index contributed by atoms with van der Waals surface area (Å²) in [6, 6.07) is 11.0. The summed E-state index contributed by atoms with van der Waals surface area (Å²) < 4.78 is 15.0. The number of nitrogens with one attached hydrogen (secondary N) is 1. The predicted octanol–water partition coefficient (Wildman–Crippen LogP) is 4.39. The molecular formula is C13H11BrFIN2. The maximum atomic E-state index is 13.4. The predicted molar refractivity (Wildman–Crippen MR) is 85.0 cm³/mol. The van der Waals surface area contributed by atoms with E-state index >= 15 is 0 Å². The van der Waals surface area contributed by atoms with Crippen LogP contribution in [0.1, 0.15) is 5.56 Å². The lowest BCUT2D eigenvalue weighted by atomic mass is 10.2. The number of nitrogens with two attached hydrogens (primary N) is 1. The van der Waals surface area contributed by atoms with Gasteiger partial charge in [-0.3, -0.25) is 0 Å². The third kappa shape index (κ3) is 3.35. The van der Waals surface area contributed by atoms with Gasteiger partial charge in [-0.05, 0) is 46.4 Å². The number of rotatable bonds is 3. The minimum atomic E-state index is -0.261. The van der Waals surface area contributed by atoms with Crippen molar-refractivity contribution in [3.63, 3.8) is 0 Å². The Balaban J connectivity index is 2.10. The lowest BCUT2D eigenvalue weighted by Gasteiger charge is -2.10. The standard InChI is InChI=1S/C13H11BrFIN2/c14-9-3-1-8(2-4-9)7-18-13-5-10(15)11(16)6-12(13)17/h1-6,18H,7,17H2. The van der Waals surface area contributed by atoms with Crippen LogP contribution < -0.4 is 11.1 Å². The molecule has 0 radical (unpaired) electrons. The lowest BCUT2D eigenvalue weighted by Crippen LogP contribution is -2.03. The Morgan fingerprint density at radius 1 is 1.22 bits per heavy atom. The molecule has 0 amide bonds. The molecule has 2 nitrogen and oxygen atoms in total. The molecule has 94 valence electrons. The highest BCUT2D eigenvalue weighted by Gasteiger charge is 2.05. The van der Waals surface area contributed by atoms with E-state index in [0.717, 1.165) is 10.0 Å². The molecule has 5 heteroatoms. The van der Waals surface area contributed by atoms with Gasteiger partial charge in [-0.1, -0.05) is 28.1 Å². The smallest absolute Gasteiger partial charge is 0.138 e. The third-order valence-corrected chi connectivity index (χ3v) is 3.84. The zero-order valence-electron chi connectivity index (χ0n) is 9.38. The maximum Gasteiger partial charge on any atom is 0.138 e. The Hall–Kier alpha value is -0.820. The number of hydrogen-bond acceptors (Lipinski definition) is 2. The number of nitrogen functional groups attached to an aromatic ring is 1. The first-order valence-corrected chi connectivity index (χ1v) is 7.16. The van der Waals surface area contributed by atoms with Crippen molar-refractivity contribution in [1.82, 2.24) is 0 Å². The monoisotopic (exact) mass is 420 g/mol. The van der Waals surface area contributed by atoms with Crippen LogP contribution in [0.5, 0.6) is 0 Å². The second-order valence-electron chi connectivity index (χ2n) is 3.83. The zero-order valence-corrected chi connectivity index (χ0v) is 13.1. The van der Waals surface area contributed by atoms with E-state index in [4.69, 9.17) is 5.73 Å². The minimum absolute atomic E-state index is 0.261. The summed E-state index contributed by atoms with van der Waals surface area (Å²) in [6.07, 6.45) is 0. The van der Waals surface area contributed by atoms with Gasteiger partial charge in [-0.25, -0.2) is 4.39 Å². The van der Waals surface area contributed by atoms with Crippen LogP contribution in [0.3, 0.4) is 0 Å². The molecule has 0 spiro atoms. The molecule has 0 fully saturated rings. The summed E-state index contributed by atoms with van der Waals surface area (Å²) in [5, 5.41) is 3.13. The highest BCUT2D eigenvalue weighted by Crippen LogP contribution is 2.24. The van der Waals surface area contributed by atoms with E-state index in [1.807, 2.05) is 46.9 Å². The van der Waals surface area contributed by atoms with Crippen molar-refractivity contribution in [3.05, 3.63) is 55.8 Å². The van der Waals surface area contributed by atoms with Gasteiger partial charge >= 0.3 is 0 Å². The van der Waals surface area contributed by atoms with E-state index in [9.17, 15) is 4.39 Å². The molecule has 0 saturated carbocycles. The number of hydrogen-bond donors (Lipinski definition) is 2. The van der Waals surface area contributed by atoms with Gasteiger partial charge in [0.15, 0.2) is 0 Å². The van der Waals surface area contributed by atoms with Crippen LogP contribution in [0.25, 0.3) is 0 Å². The molecule has 0 aliphatic rings. The second-order valence-corrected chi connectivity index (χ2v) is 5.91. The molecular weight excluding hydrogens is 410 g/mol. The summed E-state index contributed by atoms with van der Waals surface area (Å²) >= 11 is 5.30. The Morgan fingerprint density at radius 2 is 1.89 bits per heavy atom. The average molecular weight is 421 g/mol. The SMILES string of the molecule is Nc1cc(I)c(F)cc1NCc1ccc(Br)cc1. The molecule has 0 bridgehead atoms. The highest BCUT2D eigenvalue weighted by molar-refractivity contribution is 14.1. The molecule has 0 heterocycles. The van der Waals surface area contributed by atoms with Gasteiger partial charge in [-0.2, -0.15) is 0 Å². The molecule has 0 saturated heterocycles. The molecule has 0 aliphatic heterocycles. The summed E-state index contributed by atoms with van der Waals surface area (Å²) in [5.74, 6) is -0.261. The molecule has 18 heavy (non-hydrogen) atoms. The number of anilines is 2. The Labute approximate surface area is 127 Å². The van der Waals surface area contributed by atoms with Gasteiger partial charge in [-0.15, -0.1) is 0 Å². The van der Waals surface area contributed by atoms with E-state index in [-0.39, 0.29) is 5.82 Å². The van der Waals surface area contributed by atoms with Crippen LogP contribution in [-0.2, 0) is 6.54 Å². The Kier molecular flexibility index (Phi) is 4.45. The summed E-state index contributed by atoms with van der Waals surface area (Å²) in [6.45, 7) is 0.609. The first-order valence-electron chi connectivity index (χ1n) is 5.29. The van der Waals surface area contributed by atoms with Crippen molar-refractivity contribution in [2.75, 3.05) is 11.1 Å². The fourth-order valence-corrected chi connectivity index (χ4v) is 2.27. The fraction of sp³-hybridized carbons (Fsp3) is 0.0769. The molecule has 2 rings (SSSR count). The van der Waals surface area contributed by atoms with E-state index < -0.39 is 0 Å². The minimum Gasteiger partial charge on any atom is -0.397 e. The largest absolute Gasteiger partial charge is 0.397 e. The van der Waals surface area contributed by atoms with Crippen LogP contribution in [0.4, 0.5) is 15.8 Å². The van der Waals surface area contributed by atoms with Gasteiger partial charge in [0.2, 0.25) is 0 Å². The van der Waals surface area contributed by atoms with Gasteiger partial charge in [0.05, 0.1) is 14.9 Å². The van der Waals surface area contributed by atoms with Crippen molar-refractivity contribution in [2.45, 2.75) is 6.54 Å². The van der Waals surface area contributed by atoms with Gasteiger partial charge in [0.1, 0.15) is 5.82 Å². The van der Waals surface area contributed by atoms with Gasteiger partial charge in [0.25, 0.3) is 0 Å². The molecule has 2 aromatic carbocycles. The topological polar surface area (TPSA) is 38.0 Å². The van der Waals surface area contributed by atoms with Crippen molar-refractivity contribution in [2.24, 2.45) is 0 Å². The number of benzene rings is 2. The zero-order chi connectivity index (χ0) is 13.1. The first-order chi connectivity index (χ1) is 8.56. The lowest BCUT2D eigenvalue weighted by molar-refractivity contribution is 0.621. The molecule has 2 aromatic rings.